The van der Waals surface area contributed by atoms with Crippen molar-refractivity contribution in [3.63, 3.8) is 0 Å². The van der Waals surface area contributed by atoms with Gasteiger partial charge in [0.2, 0.25) is 0 Å². The summed E-state index contributed by atoms with van der Waals surface area (Å²) in [6.45, 7) is 1.02. The van der Waals surface area contributed by atoms with Crippen LogP contribution in [0.3, 0.4) is 0 Å². The number of pyridine rings is 1. The lowest BCUT2D eigenvalue weighted by molar-refractivity contribution is 0.504. The van der Waals surface area contributed by atoms with Crippen LogP contribution in [0.1, 0.15) is 19.3 Å². The number of allylic oxidation sites excluding steroid dienone is 2. The van der Waals surface area contributed by atoms with E-state index < -0.39 is 0 Å². The summed E-state index contributed by atoms with van der Waals surface area (Å²) < 4.78 is 0. The van der Waals surface area contributed by atoms with Crippen molar-refractivity contribution in [2.45, 2.75) is 19.3 Å². The van der Waals surface area contributed by atoms with Gasteiger partial charge in [-0.3, -0.25) is 0 Å². The normalized spacial score (nSPS) is 20.2. The second kappa shape index (κ2) is 5.17. The van der Waals surface area contributed by atoms with Crippen LogP contribution in [0.4, 0.5) is 5.69 Å². The van der Waals surface area contributed by atoms with Crippen molar-refractivity contribution in [3.05, 3.63) is 35.6 Å². The van der Waals surface area contributed by atoms with E-state index in [0.29, 0.717) is 5.15 Å². The van der Waals surface area contributed by atoms with E-state index in [9.17, 15) is 0 Å². The van der Waals surface area contributed by atoms with E-state index in [2.05, 4.69) is 22.5 Å². The fourth-order valence-corrected chi connectivity index (χ4v) is 1.90. The molecular weight excluding hydrogens is 208 g/mol. The monoisotopic (exact) mass is 222 g/mol. The van der Waals surface area contributed by atoms with Gasteiger partial charge in [0.05, 0.1) is 11.9 Å². The van der Waals surface area contributed by atoms with Gasteiger partial charge in [0, 0.05) is 6.54 Å². The first-order valence-corrected chi connectivity index (χ1v) is 5.73. The smallest absolute Gasteiger partial charge is 0.129 e. The zero-order valence-electron chi connectivity index (χ0n) is 8.62. The molecule has 1 N–H and O–H groups in total. The molecule has 2 rings (SSSR count). The van der Waals surface area contributed by atoms with Gasteiger partial charge in [0.15, 0.2) is 0 Å². The molecule has 0 aromatic carbocycles. The van der Waals surface area contributed by atoms with Gasteiger partial charge < -0.3 is 5.32 Å². The van der Waals surface area contributed by atoms with Gasteiger partial charge in [0.25, 0.3) is 0 Å². The van der Waals surface area contributed by atoms with Crippen LogP contribution in [0.2, 0.25) is 5.15 Å². The molecule has 0 bridgehead atoms. The van der Waals surface area contributed by atoms with Crippen LogP contribution in [0.5, 0.6) is 0 Å². The lowest BCUT2D eigenvalue weighted by Crippen LogP contribution is -2.15. The highest BCUT2D eigenvalue weighted by molar-refractivity contribution is 6.29. The molecule has 0 spiro atoms. The van der Waals surface area contributed by atoms with Crippen LogP contribution in [0, 0.1) is 5.92 Å². The minimum absolute atomic E-state index is 0.543. The second-order valence-corrected chi connectivity index (χ2v) is 4.29. The van der Waals surface area contributed by atoms with Crippen molar-refractivity contribution < 1.29 is 0 Å². The van der Waals surface area contributed by atoms with Crippen molar-refractivity contribution in [1.29, 1.82) is 0 Å². The fourth-order valence-electron chi connectivity index (χ4n) is 1.78. The summed E-state index contributed by atoms with van der Waals surface area (Å²) in [6.07, 6.45) is 10.0. The summed E-state index contributed by atoms with van der Waals surface area (Å²) in [7, 11) is 0. The summed E-state index contributed by atoms with van der Waals surface area (Å²) in [5, 5.41) is 3.93. The first-order chi connectivity index (χ1) is 7.34. The Hall–Kier alpha value is -1.02. The lowest BCUT2D eigenvalue weighted by Gasteiger charge is -2.18. The third-order valence-corrected chi connectivity index (χ3v) is 2.92. The maximum atomic E-state index is 5.71. The Kier molecular flexibility index (Phi) is 3.62. The maximum Gasteiger partial charge on any atom is 0.129 e. The third kappa shape index (κ3) is 3.24. The summed E-state index contributed by atoms with van der Waals surface area (Å²) in [6, 6.07) is 3.78. The molecule has 2 nitrogen and oxygen atoms in total. The van der Waals surface area contributed by atoms with Crippen molar-refractivity contribution in [2.75, 3.05) is 11.9 Å². The van der Waals surface area contributed by atoms with Gasteiger partial charge in [-0.2, -0.15) is 0 Å². The van der Waals surface area contributed by atoms with Crippen LogP contribution in [0.25, 0.3) is 0 Å². The van der Waals surface area contributed by atoms with Gasteiger partial charge in [-0.25, -0.2) is 4.98 Å². The largest absolute Gasteiger partial charge is 0.384 e. The quantitative estimate of drug-likeness (QED) is 0.626. The van der Waals surface area contributed by atoms with E-state index in [-0.39, 0.29) is 0 Å². The third-order valence-electron chi connectivity index (χ3n) is 2.70. The molecule has 1 aliphatic rings. The molecule has 0 radical (unpaired) electrons. The Labute approximate surface area is 95.4 Å². The topological polar surface area (TPSA) is 24.9 Å². The minimum atomic E-state index is 0.543. The Morgan fingerprint density at radius 3 is 3.00 bits per heavy atom. The molecule has 0 amide bonds. The average Bonchev–Trinajstić information content (AvgIpc) is 2.30. The fraction of sp³-hybridized carbons (Fsp3) is 0.417. The van der Waals surface area contributed by atoms with Crippen LogP contribution < -0.4 is 5.32 Å². The van der Waals surface area contributed by atoms with Crippen LogP contribution in [0.15, 0.2) is 30.5 Å². The molecule has 0 saturated carbocycles. The van der Waals surface area contributed by atoms with E-state index in [1.54, 1.807) is 6.20 Å². The van der Waals surface area contributed by atoms with E-state index in [0.717, 1.165) is 18.2 Å². The number of aromatic nitrogens is 1. The van der Waals surface area contributed by atoms with Gasteiger partial charge in [-0.1, -0.05) is 23.8 Å². The molecule has 0 saturated heterocycles. The average molecular weight is 223 g/mol. The maximum absolute atomic E-state index is 5.71. The van der Waals surface area contributed by atoms with E-state index in [4.69, 9.17) is 11.6 Å². The molecule has 0 fully saturated rings. The number of nitrogens with one attached hydrogen (secondary N) is 1. The molecule has 1 heterocycles. The Bertz CT molecular complexity index is 332. The molecule has 1 atom stereocenters. The number of hydrogen-bond donors (Lipinski definition) is 1. The molecule has 1 aliphatic carbocycles. The Morgan fingerprint density at radius 2 is 2.33 bits per heavy atom. The molecule has 0 aliphatic heterocycles. The molecule has 3 heteroatoms. The molecule has 1 aromatic heterocycles. The standard InChI is InChI=1S/C12H15ClN2/c13-12-7-6-11(9-15-12)14-8-10-4-2-1-3-5-10/h1-2,6-7,9-10,14H,3-5,8H2/t10-/m0/s1. The van der Waals surface area contributed by atoms with Crippen molar-refractivity contribution >= 4 is 17.3 Å². The highest BCUT2D eigenvalue weighted by Gasteiger charge is 2.08. The number of anilines is 1. The van der Waals surface area contributed by atoms with Gasteiger partial charge in [0.1, 0.15) is 5.15 Å². The predicted molar refractivity (Wildman–Crippen MR) is 64.2 cm³/mol. The summed E-state index contributed by atoms with van der Waals surface area (Å²) >= 11 is 5.71. The van der Waals surface area contributed by atoms with E-state index in [1.807, 2.05) is 12.1 Å². The van der Waals surface area contributed by atoms with Crippen LogP contribution in [-0.4, -0.2) is 11.5 Å². The zero-order valence-corrected chi connectivity index (χ0v) is 9.37. The molecule has 0 unspecified atom stereocenters. The van der Waals surface area contributed by atoms with E-state index >= 15 is 0 Å². The first-order valence-electron chi connectivity index (χ1n) is 5.35. The number of halogens is 1. The number of hydrogen-bond acceptors (Lipinski definition) is 2. The highest BCUT2D eigenvalue weighted by atomic mass is 35.5. The Morgan fingerprint density at radius 1 is 1.40 bits per heavy atom. The summed E-state index contributed by atoms with van der Waals surface area (Å²) in [5.74, 6) is 0.755. The summed E-state index contributed by atoms with van der Waals surface area (Å²) in [5.41, 5.74) is 1.05. The second-order valence-electron chi connectivity index (χ2n) is 3.90. The van der Waals surface area contributed by atoms with Gasteiger partial charge >= 0.3 is 0 Å². The molecular formula is C12H15ClN2. The molecule has 80 valence electrons. The van der Waals surface area contributed by atoms with Crippen molar-refractivity contribution in [3.8, 4) is 0 Å². The van der Waals surface area contributed by atoms with Gasteiger partial charge in [-0.15, -0.1) is 0 Å². The Balaban J connectivity index is 1.82. The van der Waals surface area contributed by atoms with E-state index in [1.165, 1.54) is 19.3 Å². The van der Waals surface area contributed by atoms with Crippen LogP contribution >= 0.6 is 11.6 Å². The van der Waals surface area contributed by atoms with Gasteiger partial charge in [-0.05, 0) is 37.3 Å². The SMILES string of the molecule is Clc1ccc(NC[C@H]2CC=CCC2)cn1. The summed E-state index contributed by atoms with van der Waals surface area (Å²) in [4.78, 5) is 4.03. The van der Waals surface area contributed by atoms with Crippen molar-refractivity contribution in [2.24, 2.45) is 5.92 Å². The molecule has 1 aromatic rings. The molecule has 15 heavy (non-hydrogen) atoms. The lowest BCUT2D eigenvalue weighted by atomic mass is 9.94. The van der Waals surface area contributed by atoms with Crippen molar-refractivity contribution in [1.82, 2.24) is 4.98 Å². The number of rotatable bonds is 3. The minimum Gasteiger partial charge on any atom is -0.384 e. The first kappa shape index (κ1) is 10.5. The number of nitrogens with zero attached hydrogens (tertiary/aromatic N) is 1. The predicted octanol–water partition coefficient (Wildman–Crippen LogP) is 3.50. The zero-order chi connectivity index (χ0) is 10.5. The highest BCUT2D eigenvalue weighted by Crippen LogP contribution is 2.19. The van der Waals surface area contributed by atoms with Crippen LogP contribution in [-0.2, 0) is 0 Å².